The molecule has 0 bridgehead atoms. The fourth-order valence-electron chi connectivity index (χ4n) is 2.32. The third-order valence-electron chi connectivity index (χ3n) is 3.60. The Morgan fingerprint density at radius 1 is 1.08 bits per heavy atom. The topological polar surface area (TPSA) is 84.5 Å². The van der Waals surface area contributed by atoms with Gasteiger partial charge < -0.3 is 10.1 Å². The predicted molar refractivity (Wildman–Crippen MR) is 100 cm³/mol. The minimum absolute atomic E-state index is 0.0817. The lowest BCUT2D eigenvalue weighted by atomic mass is 10.2. The van der Waals surface area contributed by atoms with E-state index in [-0.39, 0.29) is 10.8 Å². The molecule has 0 fully saturated rings. The van der Waals surface area contributed by atoms with Crippen LogP contribution < -0.4 is 10.0 Å². The van der Waals surface area contributed by atoms with Crippen molar-refractivity contribution in [2.45, 2.75) is 24.8 Å². The molecule has 2 N–H and O–H groups in total. The van der Waals surface area contributed by atoms with E-state index in [2.05, 4.69) is 10.0 Å². The van der Waals surface area contributed by atoms with Crippen molar-refractivity contribution in [2.24, 2.45) is 0 Å². The first-order valence-corrected chi connectivity index (χ1v) is 10.0. The van der Waals surface area contributed by atoms with Crippen LogP contribution in [0.15, 0.2) is 59.5 Å². The Morgan fingerprint density at radius 2 is 1.85 bits per heavy atom. The summed E-state index contributed by atoms with van der Waals surface area (Å²) in [7, 11) is -3.58. The van der Waals surface area contributed by atoms with Gasteiger partial charge in [-0.15, -0.1) is 0 Å². The zero-order chi connectivity index (χ0) is 18.8. The van der Waals surface area contributed by atoms with Gasteiger partial charge in [0.05, 0.1) is 11.5 Å². The minimum Gasteiger partial charge on any atom is -0.377 e. The van der Waals surface area contributed by atoms with Crippen LogP contribution >= 0.6 is 0 Å². The second kappa shape index (κ2) is 10.1. The Kier molecular flexibility index (Phi) is 7.77. The Morgan fingerprint density at radius 3 is 2.58 bits per heavy atom. The molecule has 6 nitrogen and oxygen atoms in total. The molecule has 0 aliphatic heterocycles. The maximum absolute atomic E-state index is 12.2. The van der Waals surface area contributed by atoms with Crippen molar-refractivity contribution >= 4 is 15.9 Å². The highest BCUT2D eigenvalue weighted by Gasteiger charge is 2.14. The van der Waals surface area contributed by atoms with Crippen molar-refractivity contribution in [1.29, 1.82) is 0 Å². The SMILES string of the molecule is CCNS(=O)(=O)c1cccc(C(=O)NCCCOCc2ccccc2)c1. The van der Waals surface area contributed by atoms with Crippen molar-refractivity contribution in [2.75, 3.05) is 19.7 Å². The van der Waals surface area contributed by atoms with E-state index < -0.39 is 10.0 Å². The van der Waals surface area contributed by atoms with E-state index in [1.165, 1.54) is 12.1 Å². The molecule has 0 aromatic heterocycles. The molecule has 0 spiro atoms. The first-order chi connectivity index (χ1) is 12.5. The molecule has 2 rings (SSSR count). The number of amides is 1. The van der Waals surface area contributed by atoms with Gasteiger partial charge in [0.25, 0.3) is 5.91 Å². The number of hydrogen-bond donors (Lipinski definition) is 2. The molecule has 1 amide bonds. The fourth-order valence-corrected chi connectivity index (χ4v) is 3.41. The highest BCUT2D eigenvalue weighted by atomic mass is 32.2. The monoisotopic (exact) mass is 376 g/mol. The summed E-state index contributed by atoms with van der Waals surface area (Å²) in [6, 6.07) is 15.9. The zero-order valence-corrected chi connectivity index (χ0v) is 15.6. The normalized spacial score (nSPS) is 11.3. The van der Waals surface area contributed by atoms with Crippen molar-refractivity contribution in [3.8, 4) is 0 Å². The first-order valence-electron chi connectivity index (χ1n) is 8.52. The quantitative estimate of drug-likeness (QED) is 0.623. The van der Waals surface area contributed by atoms with Gasteiger partial charge in [-0.3, -0.25) is 4.79 Å². The van der Waals surface area contributed by atoms with E-state index in [0.717, 1.165) is 5.56 Å². The van der Waals surface area contributed by atoms with Gasteiger partial charge in [-0.05, 0) is 30.2 Å². The van der Waals surface area contributed by atoms with Crippen molar-refractivity contribution in [3.05, 3.63) is 65.7 Å². The summed E-state index contributed by atoms with van der Waals surface area (Å²) in [4.78, 5) is 12.3. The number of carbonyl (C=O) groups excluding carboxylic acids is 1. The Bertz CT molecular complexity index is 807. The molecule has 0 aliphatic carbocycles. The third-order valence-corrected chi connectivity index (χ3v) is 5.15. The van der Waals surface area contributed by atoms with Crippen molar-refractivity contribution in [1.82, 2.24) is 10.0 Å². The largest absolute Gasteiger partial charge is 0.377 e. The zero-order valence-electron chi connectivity index (χ0n) is 14.8. The van der Waals surface area contributed by atoms with Crippen LogP contribution in [0, 0.1) is 0 Å². The van der Waals surface area contributed by atoms with Gasteiger partial charge in [-0.2, -0.15) is 0 Å². The molecule has 0 unspecified atom stereocenters. The van der Waals surface area contributed by atoms with Gasteiger partial charge in [-0.25, -0.2) is 13.1 Å². The average Bonchev–Trinajstić information content (AvgIpc) is 2.65. The van der Waals surface area contributed by atoms with Crippen LogP contribution in [0.3, 0.4) is 0 Å². The summed E-state index contributed by atoms with van der Waals surface area (Å²) < 4.78 is 32.0. The lowest BCUT2D eigenvalue weighted by molar-refractivity contribution is 0.0934. The van der Waals surface area contributed by atoms with Crippen molar-refractivity contribution in [3.63, 3.8) is 0 Å². The Hall–Kier alpha value is -2.22. The van der Waals surface area contributed by atoms with Gasteiger partial charge in [0.15, 0.2) is 0 Å². The summed E-state index contributed by atoms with van der Waals surface area (Å²) in [5, 5.41) is 2.77. The predicted octanol–water partition coefficient (Wildman–Crippen LogP) is 2.32. The summed E-state index contributed by atoms with van der Waals surface area (Å²) in [5.74, 6) is -0.304. The number of nitrogens with one attached hydrogen (secondary N) is 2. The summed E-state index contributed by atoms with van der Waals surface area (Å²) in [6.45, 7) is 3.52. The molecule has 0 radical (unpaired) electrons. The highest BCUT2D eigenvalue weighted by molar-refractivity contribution is 7.89. The first kappa shape index (κ1) is 20.1. The molecule has 2 aromatic rings. The second-order valence-electron chi connectivity index (χ2n) is 5.68. The summed E-state index contributed by atoms with van der Waals surface area (Å²) in [5.41, 5.74) is 1.42. The molecular weight excluding hydrogens is 352 g/mol. The molecule has 0 saturated carbocycles. The average molecular weight is 376 g/mol. The number of hydrogen-bond acceptors (Lipinski definition) is 4. The van der Waals surface area contributed by atoms with Crippen LogP contribution in [-0.4, -0.2) is 34.0 Å². The third kappa shape index (κ3) is 6.25. The molecule has 0 heterocycles. The van der Waals surface area contributed by atoms with Crippen LogP contribution in [0.5, 0.6) is 0 Å². The molecule has 0 aliphatic rings. The smallest absolute Gasteiger partial charge is 0.251 e. The van der Waals surface area contributed by atoms with Crippen LogP contribution in [-0.2, 0) is 21.4 Å². The maximum Gasteiger partial charge on any atom is 0.251 e. The van der Waals surface area contributed by atoms with E-state index in [1.807, 2.05) is 30.3 Å². The number of ether oxygens (including phenoxy) is 1. The van der Waals surface area contributed by atoms with E-state index in [1.54, 1.807) is 19.1 Å². The van der Waals surface area contributed by atoms with Crippen molar-refractivity contribution < 1.29 is 17.9 Å². The highest BCUT2D eigenvalue weighted by Crippen LogP contribution is 2.11. The van der Waals surface area contributed by atoms with Gasteiger partial charge in [0, 0.05) is 25.3 Å². The lowest BCUT2D eigenvalue weighted by Gasteiger charge is -2.08. The van der Waals surface area contributed by atoms with Gasteiger partial charge in [0.2, 0.25) is 10.0 Å². The number of sulfonamides is 1. The van der Waals surface area contributed by atoms with E-state index in [9.17, 15) is 13.2 Å². The maximum atomic E-state index is 12.2. The number of carbonyl (C=O) groups is 1. The molecule has 0 atom stereocenters. The minimum atomic E-state index is -3.58. The lowest BCUT2D eigenvalue weighted by Crippen LogP contribution is -2.26. The standard InChI is InChI=1S/C19H24N2O4S/c1-2-21-26(23,24)18-11-6-10-17(14-18)19(22)20-12-7-13-25-15-16-8-4-3-5-9-16/h3-6,8-11,14,21H,2,7,12-13,15H2,1H3,(H,20,22). The van der Waals surface area contributed by atoms with Gasteiger partial charge in [-0.1, -0.05) is 43.3 Å². The molecule has 140 valence electrons. The van der Waals surface area contributed by atoms with E-state index in [0.29, 0.717) is 38.3 Å². The molecule has 2 aromatic carbocycles. The van der Waals surface area contributed by atoms with Crippen LogP contribution in [0.25, 0.3) is 0 Å². The number of benzene rings is 2. The Balaban J connectivity index is 1.76. The molecule has 0 saturated heterocycles. The summed E-state index contributed by atoms with van der Waals surface area (Å²) >= 11 is 0. The van der Waals surface area contributed by atoms with E-state index >= 15 is 0 Å². The molecule has 26 heavy (non-hydrogen) atoms. The Labute approximate surface area is 154 Å². The van der Waals surface area contributed by atoms with E-state index in [4.69, 9.17) is 4.74 Å². The number of rotatable bonds is 10. The van der Waals surface area contributed by atoms with Crippen LogP contribution in [0.4, 0.5) is 0 Å². The fraction of sp³-hybridized carbons (Fsp3) is 0.316. The van der Waals surface area contributed by atoms with Crippen LogP contribution in [0.1, 0.15) is 29.3 Å². The molecular formula is C19H24N2O4S. The molecule has 7 heteroatoms. The van der Waals surface area contributed by atoms with Gasteiger partial charge in [0.1, 0.15) is 0 Å². The van der Waals surface area contributed by atoms with Crippen LogP contribution in [0.2, 0.25) is 0 Å². The van der Waals surface area contributed by atoms with Gasteiger partial charge >= 0.3 is 0 Å². The summed E-state index contributed by atoms with van der Waals surface area (Å²) in [6.07, 6.45) is 0.675. The second-order valence-corrected chi connectivity index (χ2v) is 7.44.